The molecule has 0 aliphatic rings. The third-order valence-electron chi connectivity index (χ3n) is 3.31. The van der Waals surface area contributed by atoms with Gasteiger partial charge >= 0.3 is 0 Å². The molecular weight excluding hydrogens is 216 g/mol. The molecule has 0 unspecified atom stereocenters. The van der Waals surface area contributed by atoms with E-state index < -0.39 is 0 Å². The van der Waals surface area contributed by atoms with Crippen LogP contribution >= 0.6 is 0 Å². The lowest BCUT2D eigenvalue weighted by molar-refractivity contribution is 0.673. The van der Waals surface area contributed by atoms with Crippen molar-refractivity contribution >= 4 is 0 Å². The molecule has 0 spiro atoms. The van der Waals surface area contributed by atoms with Gasteiger partial charge in [-0.3, -0.25) is 0 Å². The quantitative estimate of drug-likeness (QED) is 0.285. The largest absolute Gasteiger partial charge is 0.0915 e. The van der Waals surface area contributed by atoms with Gasteiger partial charge < -0.3 is 0 Å². The molecule has 0 aromatic rings. The monoisotopic (exact) mass is 248 g/mol. The van der Waals surface area contributed by atoms with E-state index in [1.54, 1.807) is 0 Å². The maximum absolute atomic E-state index is 4.13. The van der Waals surface area contributed by atoms with Crippen molar-refractivity contribution in [3.8, 4) is 0 Å². The Bertz CT molecular complexity index is 255. The summed E-state index contributed by atoms with van der Waals surface area (Å²) in [5.74, 6) is 0. The molecule has 0 radical (unpaired) electrons. The summed E-state index contributed by atoms with van der Waals surface area (Å²) in [5, 5.41) is 0. The second kappa shape index (κ2) is 12.7. The van der Waals surface area contributed by atoms with Crippen molar-refractivity contribution in [1.29, 1.82) is 0 Å². The summed E-state index contributed by atoms with van der Waals surface area (Å²) in [6, 6.07) is 0. The van der Waals surface area contributed by atoms with Crippen LogP contribution in [0.3, 0.4) is 0 Å². The highest BCUT2D eigenvalue weighted by Gasteiger charge is 1.92. The maximum atomic E-state index is 4.13. The molecule has 104 valence electrons. The van der Waals surface area contributed by atoms with Gasteiger partial charge in [-0.05, 0) is 43.8 Å². The van der Waals surface area contributed by atoms with Crippen LogP contribution in [0, 0.1) is 0 Å². The topological polar surface area (TPSA) is 0 Å². The third kappa shape index (κ3) is 10.4. The van der Waals surface area contributed by atoms with Crippen molar-refractivity contribution in [3.05, 3.63) is 36.0 Å². The van der Waals surface area contributed by atoms with E-state index in [9.17, 15) is 0 Å². The predicted molar refractivity (Wildman–Crippen MR) is 84.9 cm³/mol. The van der Waals surface area contributed by atoms with E-state index in [1.807, 2.05) is 0 Å². The molecule has 0 amide bonds. The average molecular weight is 248 g/mol. The maximum Gasteiger partial charge on any atom is -0.0306 e. The molecule has 0 aromatic carbocycles. The Kier molecular flexibility index (Phi) is 12.1. The molecule has 0 aliphatic carbocycles. The summed E-state index contributed by atoms with van der Waals surface area (Å²) in [7, 11) is 0. The van der Waals surface area contributed by atoms with Crippen molar-refractivity contribution in [2.45, 2.75) is 78.6 Å². The minimum Gasteiger partial charge on any atom is -0.0915 e. The van der Waals surface area contributed by atoms with Crippen molar-refractivity contribution in [3.63, 3.8) is 0 Å². The van der Waals surface area contributed by atoms with Crippen LogP contribution in [0.25, 0.3) is 0 Å². The van der Waals surface area contributed by atoms with Crippen LogP contribution in [-0.4, -0.2) is 0 Å². The molecule has 0 fully saturated rings. The van der Waals surface area contributed by atoms with E-state index in [1.165, 1.54) is 68.9 Å². The van der Waals surface area contributed by atoms with Crippen molar-refractivity contribution in [2.75, 3.05) is 0 Å². The molecular formula is C18H32. The lowest BCUT2D eigenvalue weighted by Crippen LogP contribution is -1.81. The van der Waals surface area contributed by atoms with Crippen molar-refractivity contribution in [2.24, 2.45) is 0 Å². The summed E-state index contributed by atoms with van der Waals surface area (Å²) in [4.78, 5) is 0. The number of hydrogen-bond donors (Lipinski definition) is 0. The molecule has 0 aliphatic heterocycles. The van der Waals surface area contributed by atoms with Gasteiger partial charge in [0.25, 0.3) is 0 Å². The van der Waals surface area contributed by atoms with Gasteiger partial charge in [-0.15, -0.1) is 0 Å². The second-order valence-electron chi connectivity index (χ2n) is 5.16. The Morgan fingerprint density at radius 1 is 0.889 bits per heavy atom. The lowest BCUT2D eigenvalue weighted by Gasteiger charge is -2.01. The first kappa shape index (κ1) is 17.2. The fourth-order valence-electron chi connectivity index (χ4n) is 1.89. The zero-order chi connectivity index (χ0) is 13.6. The van der Waals surface area contributed by atoms with Gasteiger partial charge in [-0.2, -0.15) is 0 Å². The molecule has 0 saturated heterocycles. The lowest BCUT2D eigenvalue weighted by atomic mass is 10.0. The second-order valence-corrected chi connectivity index (χ2v) is 5.16. The molecule has 0 aromatic heterocycles. The number of unbranched alkanes of at least 4 members (excludes halogenated alkanes) is 7. The first-order valence-electron chi connectivity index (χ1n) is 7.74. The Morgan fingerprint density at radius 3 is 2.17 bits per heavy atom. The van der Waals surface area contributed by atoms with Gasteiger partial charge in [0.1, 0.15) is 0 Å². The fourth-order valence-corrected chi connectivity index (χ4v) is 1.89. The Balaban J connectivity index is 3.76. The highest BCUT2D eigenvalue weighted by Crippen LogP contribution is 2.12. The first-order chi connectivity index (χ1) is 8.72. The van der Waals surface area contributed by atoms with E-state index >= 15 is 0 Å². The number of allylic oxidation sites excluding steroid dienone is 5. The van der Waals surface area contributed by atoms with E-state index in [-0.39, 0.29) is 0 Å². The van der Waals surface area contributed by atoms with Crippen molar-refractivity contribution in [1.82, 2.24) is 0 Å². The fraction of sp³-hybridized carbons (Fsp3) is 0.667. The predicted octanol–water partition coefficient (Wildman–Crippen LogP) is 6.60. The van der Waals surface area contributed by atoms with E-state index in [4.69, 9.17) is 0 Å². The molecule has 18 heavy (non-hydrogen) atoms. The number of hydrogen-bond acceptors (Lipinski definition) is 0. The first-order valence-corrected chi connectivity index (χ1v) is 7.74. The molecule has 0 heteroatoms. The van der Waals surface area contributed by atoms with Gasteiger partial charge in [-0.25, -0.2) is 0 Å². The molecule has 0 rings (SSSR count). The number of rotatable bonds is 11. The Morgan fingerprint density at radius 2 is 1.50 bits per heavy atom. The van der Waals surface area contributed by atoms with Crippen LogP contribution in [-0.2, 0) is 0 Å². The van der Waals surface area contributed by atoms with E-state index in [2.05, 4.69) is 45.6 Å². The molecule has 0 bridgehead atoms. The summed E-state index contributed by atoms with van der Waals surface area (Å²) in [6.07, 6.45) is 18.5. The van der Waals surface area contributed by atoms with E-state index in [0.717, 1.165) is 0 Å². The minimum absolute atomic E-state index is 1.18. The SMILES string of the molecule is C=C(/C=C/CCCCC)/C(C)=C/CCCCCC. The Labute approximate surface area is 115 Å². The summed E-state index contributed by atoms with van der Waals surface area (Å²) >= 11 is 0. The summed E-state index contributed by atoms with van der Waals surface area (Å²) < 4.78 is 0. The van der Waals surface area contributed by atoms with Gasteiger partial charge in [0.2, 0.25) is 0 Å². The van der Waals surface area contributed by atoms with Crippen LogP contribution in [0.1, 0.15) is 78.6 Å². The van der Waals surface area contributed by atoms with E-state index in [0.29, 0.717) is 0 Å². The zero-order valence-electron chi connectivity index (χ0n) is 12.8. The van der Waals surface area contributed by atoms with Gasteiger partial charge in [-0.1, -0.05) is 70.8 Å². The normalized spacial score (nSPS) is 12.3. The molecule has 0 nitrogen and oxygen atoms in total. The third-order valence-corrected chi connectivity index (χ3v) is 3.31. The van der Waals surface area contributed by atoms with Crippen LogP contribution in [0.5, 0.6) is 0 Å². The van der Waals surface area contributed by atoms with Crippen LogP contribution in [0.2, 0.25) is 0 Å². The summed E-state index contributed by atoms with van der Waals surface area (Å²) in [6.45, 7) is 10.8. The zero-order valence-corrected chi connectivity index (χ0v) is 12.8. The minimum atomic E-state index is 1.18. The Hall–Kier alpha value is -0.780. The highest BCUT2D eigenvalue weighted by atomic mass is 14.0. The smallest absolute Gasteiger partial charge is 0.0306 e. The molecule has 0 N–H and O–H groups in total. The summed E-state index contributed by atoms with van der Waals surface area (Å²) in [5.41, 5.74) is 2.53. The van der Waals surface area contributed by atoms with Gasteiger partial charge in [0.05, 0.1) is 0 Å². The van der Waals surface area contributed by atoms with Gasteiger partial charge in [0, 0.05) is 0 Å². The van der Waals surface area contributed by atoms with Gasteiger partial charge in [0.15, 0.2) is 0 Å². The van der Waals surface area contributed by atoms with Crippen LogP contribution in [0.15, 0.2) is 36.0 Å². The van der Waals surface area contributed by atoms with Crippen LogP contribution < -0.4 is 0 Å². The molecule has 0 atom stereocenters. The highest BCUT2D eigenvalue weighted by molar-refractivity contribution is 5.35. The van der Waals surface area contributed by atoms with Crippen molar-refractivity contribution < 1.29 is 0 Å². The molecule has 0 saturated carbocycles. The molecule has 0 heterocycles. The standard InChI is InChI=1S/C18H32/c1-5-7-9-11-13-15-17(3)18(4)16-14-12-10-8-6-2/h13,15-16H,3,5-12,14H2,1-2,4H3/b15-13+,18-16+. The van der Waals surface area contributed by atoms with Crippen LogP contribution in [0.4, 0.5) is 0 Å². The average Bonchev–Trinajstić information content (AvgIpc) is 2.37.